The first kappa shape index (κ1) is 22.7. The van der Waals surface area contributed by atoms with Crippen LogP contribution >= 0.6 is 0 Å². The summed E-state index contributed by atoms with van der Waals surface area (Å²) in [5.41, 5.74) is 0. The fourth-order valence-corrected chi connectivity index (χ4v) is 1.88. The molecule has 0 amide bonds. The molecule has 1 N–H and O–H groups in total. The average Bonchev–Trinajstić information content (AvgIpc) is 2.60. The van der Waals surface area contributed by atoms with Crippen molar-refractivity contribution in [2.24, 2.45) is 0 Å². The molecule has 0 bridgehead atoms. The van der Waals surface area contributed by atoms with Gasteiger partial charge in [0.15, 0.2) is 0 Å². The van der Waals surface area contributed by atoms with E-state index in [-0.39, 0.29) is 6.42 Å². The molecule has 2 nitrogen and oxygen atoms in total. The quantitative estimate of drug-likeness (QED) is 0.240. The van der Waals surface area contributed by atoms with Crippen molar-refractivity contribution in [2.45, 2.75) is 64.7 Å². The zero-order valence-electron chi connectivity index (χ0n) is 15.5. The highest BCUT2D eigenvalue weighted by molar-refractivity contribution is 5.66. The van der Waals surface area contributed by atoms with Crippen molar-refractivity contribution in [2.75, 3.05) is 0 Å². The summed E-state index contributed by atoms with van der Waals surface area (Å²) in [7, 11) is 0. The third kappa shape index (κ3) is 21.7. The second-order valence-electron chi connectivity index (χ2n) is 5.51. The van der Waals surface area contributed by atoms with Crippen LogP contribution in [0.1, 0.15) is 64.7 Å². The number of hydrogen-bond donors (Lipinski definition) is 1. The Morgan fingerprint density at radius 1 is 0.760 bits per heavy atom. The topological polar surface area (TPSA) is 37.3 Å². The lowest BCUT2D eigenvalue weighted by Gasteiger charge is -1.87. The van der Waals surface area contributed by atoms with Crippen LogP contribution in [-0.4, -0.2) is 11.1 Å². The molecular formula is C23H32O2. The van der Waals surface area contributed by atoms with E-state index in [1.165, 1.54) is 0 Å². The summed E-state index contributed by atoms with van der Waals surface area (Å²) in [4.78, 5) is 10.3. The zero-order valence-corrected chi connectivity index (χ0v) is 15.5. The van der Waals surface area contributed by atoms with E-state index in [9.17, 15) is 4.79 Å². The molecule has 0 aliphatic carbocycles. The highest BCUT2D eigenvalue weighted by Crippen LogP contribution is 1.96. The first-order chi connectivity index (χ1) is 12.3. The second-order valence-corrected chi connectivity index (χ2v) is 5.51. The van der Waals surface area contributed by atoms with Gasteiger partial charge in [-0.2, -0.15) is 0 Å². The van der Waals surface area contributed by atoms with Crippen LogP contribution in [0.3, 0.4) is 0 Å². The van der Waals surface area contributed by atoms with Gasteiger partial charge in [0.05, 0.1) is 0 Å². The normalized spacial score (nSPS) is 12.0. The van der Waals surface area contributed by atoms with Gasteiger partial charge in [-0.1, -0.05) is 73.6 Å². The first-order valence-corrected chi connectivity index (χ1v) is 9.19. The van der Waals surface area contributed by atoms with Gasteiger partial charge in [0.1, 0.15) is 0 Å². The maximum atomic E-state index is 10.3. The van der Waals surface area contributed by atoms with Gasteiger partial charge in [-0.25, -0.2) is 0 Å². The van der Waals surface area contributed by atoms with E-state index >= 15 is 0 Å². The van der Waals surface area contributed by atoms with Gasteiger partial charge < -0.3 is 5.11 Å². The molecule has 0 radical (unpaired) electrons. The number of carbonyl (C=O) groups is 1. The Morgan fingerprint density at radius 2 is 1.24 bits per heavy atom. The monoisotopic (exact) mass is 340 g/mol. The van der Waals surface area contributed by atoms with Gasteiger partial charge in [-0.05, 0) is 38.5 Å². The lowest BCUT2D eigenvalue weighted by atomic mass is 10.2. The SMILES string of the molecule is CC/C=C\C/C=C\C/C=C\C/C=C\C/C=C\CC#CCCCC(=O)O. The van der Waals surface area contributed by atoms with Gasteiger partial charge in [0, 0.05) is 19.3 Å². The Morgan fingerprint density at radius 3 is 1.72 bits per heavy atom. The second kappa shape index (κ2) is 19.8. The zero-order chi connectivity index (χ0) is 18.4. The minimum absolute atomic E-state index is 0.205. The Hall–Kier alpha value is -2.27. The summed E-state index contributed by atoms with van der Waals surface area (Å²) in [6.45, 7) is 2.15. The number of aliphatic carboxylic acids is 1. The van der Waals surface area contributed by atoms with Crippen molar-refractivity contribution in [1.29, 1.82) is 0 Å². The third-order valence-electron chi connectivity index (χ3n) is 3.20. The van der Waals surface area contributed by atoms with Gasteiger partial charge in [-0.15, -0.1) is 5.92 Å². The van der Waals surface area contributed by atoms with Crippen LogP contribution in [0.25, 0.3) is 0 Å². The van der Waals surface area contributed by atoms with E-state index in [4.69, 9.17) is 5.11 Å². The maximum absolute atomic E-state index is 10.3. The number of rotatable bonds is 13. The minimum atomic E-state index is -0.750. The Bertz CT molecular complexity index is 522. The first-order valence-electron chi connectivity index (χ1n) is 9.19. The summed E-state index contributed by atoms with van der Waals surface area (Å²) in [6.07, 6.45) is 28.9. The Balaban J connectivity index is 3.53. The summed E-state index contributed by atoms with van der Waals surface area (Å²) in [5, 5.41) is 8.49. The van der Waals surface area contributed by atoms with Crippen molar-refractivity contribution in [1.82, 2.24) is 0 Å². The molecule has 0 aliphatic heterocycles. The number of unbranched alkanes of at least 4 members (excludes halogenated alkanes) is 1. The molecule has 0 aromatic carbocycles. The van der Waals surface area contributed by atoms with Crippen molar-refractivity contribution in [3.8, 4) is 11.8 Å². The third-order valence-corrected chi connectivity index (χ3v) is 3.20. The molecule has 0 saturated carbocycles. The van der Waals surface area contributed by atoms with Crippen LogP contribution in [0.2, 0.25) is 0 Å². The predicted octanol–water partition coefficient (Wildman–Crippen LogP) is 6.39. The molecular weight excluding hydrogens is 308 g/mol. The fourth-order valence-electron chi connectivity index (χ4n) is 1.88. The number of carboxylic acids is 1. The maximum Gasteiger partial charge on any atom is 0.303 e. The Kier molecular flexibility index (Phi) is 18.0. The van der Waals surface area contributed by atoms with E-state index < -0.39 is 5.97 Å². The highest BCUT2D eigenvalue weighted by Gasteiger charge is 1.92. The molecule has 0 rings (SSSR count). The van der Waals surface area contributed by atoms with E-state index in [2.05, 4.69) is 79.5 Å². The van der Waals surface area contributed by atoms with Crippen LogP contribution in [0.5, 0.6) is 0 Å². The molecule has 2 heteroatoms. The molecule has 0 atom stereocenters. The highest BCUT2D eigenvalue weighted by atomic mass is 16.4. The number of hydrogen-bond acceptors (Lipinski definition) is 1. The van der Waals surface area contributed by atoms with Gasteiger partial charge in [0.25, 0.3) is 0 Å². The van der Waals surface area contributed by atoms with Crippen LogP contribution in [0, 0.1) is 11.8 Å². The molecule has 0 aliphatic rings. The minimum Gasteiger partial charge on any atom is -0.481 e. The molecule has 0 aromatic rings. The van der Waals surface area contributed by atoms with Gasteiger partial charge in [0.2, 0.25) is 0 Å². The van der Waals surface area contributed by atoms with Crippen molar-refractivity contribution < 1.29 is 9.90 Å². The number of carboxylic acid groups (broad SMARTS) is 1. The molecule has 0 spiro atoms. The molecule has 136 valence electrons. The van der Waals surface area contributed by atoms with Crippen LogP contribution in [-0.2, 0) is 4.79 Å². The van der Waals surface area contributed by atoms with Gasteiger partial charge >= 0.3 is 5.97 Å². The molecule has 25 heavy (non-hydrogen) atoms. The standard InChI is InChI=1S/C23H32O2/c1-2-3-4-5-6-7-8-9-10-11-12-13-14-15-16-17-18-19-20-21-22-23(24)25/h3-4,6-7,9-10,12-13,15-16H,2,5,8,11,14,17,20-22H2,1H3,(H,24,25)/b4-3-,7-6-,10-9-,13-12-,16-15-. The van der Waals surface area contributed by atoms with Crippen molar-refractivity contribution in [3.63, 3.8) is 0 Å². The molecule has 0 unspecified atom stereocenters. The van der Waals surface area contributed by atoms with E-state index in [1.54, 1.807) is 0 Å². The Labute approximate surface area is 153 Å². The number of allylic oxidation sites excluding steroid dienone is 10. The van der Waals surface area contributed by atoms with E-state index in [0.29, 0.717) is 12.8 Å². The van der Waals surface area contributed by atoms with Crippen molar-refractivity contribution in [3.05, 3.63) is 60.8 Å². The predicted molar refractivity (Wildman–Crippen MR) is 108 cm³/mol. The summed E-state index contributed by atoms with van der Waals surface area (Å²) >= 11 is 0. The van der Waals surface area contributed by atoms with Crippen LogP contribution in [0.4, 0.5) is 0 Å². The van der Waals surface area contributed by atoms with Crippen LogP contribution in [0.15, 0.2) is 60.8 Å². The molecule has 0 saturated heterocycles. The van der Waals surface area contributed by atoms with Crippen molar-refractivity contribution >= 4 is 5.97 Å². The average molecular weight is 341 g/mol. The fraction of sp³-hybridized carbons (Fsp3) is 0.435. The van der Waals surface area contributed by atoms with E-state index in [1.807, 2.05) is 0 Å². The largest absolute Gasteiger partial charge is 0.481 e. The molecule has 0 aromatic heterocycles. The summed E-state index contributed by atoms with van der Waals surface area (Å²) in [5.74, 6) is 5.27. The lowest BCUT2D eigenvalue weighted by Crippen LogP contribution is -1.92. The van der Waals surface area contributed by atoms with Gasteiger partial charge in [-0.3, -0.25) is 4.79 Å². The van der Waals surface area contributed by atoms with E-state index in [0.717, 1.165) is 38.5 Å². The van der Waals surface area contributed by atoms with Crippen LogP contribution < -0.4 is 0 Å². The lowest BCUT2D eigenvalue weighted by molar-refractivity contribution is -0.137. The summed E-state index contributed by atoms with van der Waals surface area (Å²) in [6, 6.07) is 0. The molecule has 0 fully saturated rings. The smallest absolute Gasteiger partial charge is 0.303 e. The summed E-state index contributed by atoms with van der Waals surface area (Å²) < 4.78 is 0. The molecule has 0 heterocycles.